The first-order chi connectivity index (χ1) is 5.59. The van der Waals surface area contributed by atoms with E-state index in [1.165, 1.54) is 0 Å². The summed E-state index contributed by atoms with van der Waals surface area (Å²) in [6, 6.07) is -0.970. The number of aromatic nitrogens is 2. The van der Waals surface area contributed by atoms with Gasteiger partial charge in [-0.25, -0.2) is 0 Å². The van der Waals surface area contributed by atoms with E-state index in [0.29, 0.717) is 11.7 Å². The van der Waals surface area contributed by atoms with Crippen LogP contribution in [0.2, 0.25) is 0 Å². The first kappa shape index (κ1) is 8.66. The fourth-order valence-corrected chi connectivity index (χ4v) is 0.708. The maximum atomic E-state index is 10.3. The summed E-state index contributed by atoms with van der Waals surface area (Å²) < 4.78 is 4.64. The third-order valence-corrected chi connectivity index (χ3v) is 1.29. The first-order valence-electron chi connectivity index (χ1n) is 3.37. The van der Waals surface area contributed by atoms with Crippen LogP contribution in [-0.4, -0.2) is 27.3 Å². The maximum absolute atomic E-state index is 10.3. The fourth-order valence-electron chi connectivity index (χ4n) is 0.708. The molecule has 0 spiro atoms. The van der Waals surface area contributed by atoms with Gasteiger partial charge < -0.3 is 15.4 Å². The second kappa shape index (κ2) is 3.31. The van der Waals surface area contributed by atoms with Crippen LogP contribution in [0.25, 0.3) is 0 Å². The van der Waals surface area contributed by atoms with E-state index in [4.69, 9.17) is 10.8 Å². The summed E-state index contributed by atoms with van der Waals surface area (Å²) >= 11 is 0. The largest absolute Gasteiger partial charge is 0.480 e. The van der Waals surface area contributed by atoms with Crippen molar-refractivity contribution in [1.82, 2.24) is 10.1 Å². The number of hydrogen-bond acceptors (Lipinski definition) is 5. The number of carbonyl (C=O) groups is 1. The van der Waals surface area contributed by atoms with Crippen molar-refractivity contribution in [3.63, 3.8) is 0 Å². The molecule has 66 valence electrons. The highest BCUT2D eigenvalue weighted by Crippen LogP contribution is 1.97. The summed E-state index contributed by atoms with van der Waals surface area (Å²) in [7, 11) is 0. The molecule has 1 aromatic rings. The Bertz CT molecular complexity index is 283. The van der Waals surface area contributed by atoms with Gasteiger partial charge in [0.1, 0.15) is 6.04 Å². The van der Waals surface area contributed by atoms with E-state index in [1.54, 1.807) is 6.92 Å². The highest BCUT2D eigenvalue weighted by molar-refractivity contribution is 5.73. The van der Waals surface area contributed by atoms with Gasteiger partial charge in [-0.15, -0.1) is 0 Å². The molecule has 6 nitrogen and oxygen atoms in total. The number of carboxylic acid groups (broad SMARTS) is 1. The normalized spacial score (nSPS) is 12.8. The SMILES string of the molecule is Cc1nc(CC(N)C(=O)O)no1. The molecule has 1 aromatic heterocycles. The number of nitrogens with zero attached hydrogens (tertiary/aromatic N) is 2. The van der Waals surface area contributed by atoms with Crippen molar-refractivity contribution < 1.29 is 14.4 Å². The second-order valence-corrected chi connectivity index (χ2v) is 2.38. The zero-order valence-corrected chi connectivity index (χ0v) is 6.52. The molecule has 0 aliphatic carbocycles. The van der Waals surface area contributed by atoms with Crippen molar-refractivity contribution in [2.45, 2.75) is 19.4 Å². The molecule has 6 heteroatoms. The number of nitrogens with two attached hydrogens (primary N) is 1. The Morgan fingerprint density at radius 3 is 2.92 bits per heavy atom. The molecule has 0 aliphatic rings. The van der Waals surface area contributed by atoms with Crippen LogP contribution in [0.3, 0.4) is 0 Å². The molecule has 1 unspecified atom stereocenters. The minimum absolute atomic E-state index is 0.0900. The molecule has 1 heterocycles. The second-order valence-electron chi connectivity index (χ2n) is 2.38. The van der Waals surface area contributed by atoms with Crippen molar-refractivity contribution in [2.75, 3.05) is 0 Å². The zero-order chi connectivity index (χ0) is 9.14. The van der Waals surface area contributed by atoms with Crippen LogP contribution in [0.15, 0.2) is 4.52 Å². The Morgan fingerprint density at radius 1 is 1.83 bits per heavy atom. The molecular formula is C6H9N3O3. The Hall–Kier alpha value is -1.43. The quantitative estimate of drug-likeness (QED) is 0.625. The third-order valence-electron chi connectivity index (χ3n) is 1.29. The first-order valence-corrected chi connectivity index (χ1v) is 3.37. The topological polar surface area (TPSA) is 102 Å². The van der Waals surface area contributed by atoms with Crippen molar-refractivity contribution in [3.8, 4) is 0 Å². The maximum Gasteiger partial charge on any atom is 0.320 e. The van der Waals surface area contributed by atoms with Gasteiger partial charge in [0.15, 0.2) is 5.82 Å². The molecule has 0 radical (unpaired) electrons. The van der Waals surface area contributed by atoms with Crippen molar-refractivity contribution in [1.29, 1.82) is 0 Å². The highest BCUT2D eigenvalue weighted by atomic mass is 16.5. The summed E-state index contributed by atoms with van der Waals surface area (Å²) in [5, 5.41) is 11.9. The number of rotatable bonds is 3. The fraction of sp³-hybridized carbons (Fsp3) is 0.500. The minimum Gasteiger partial charge on any atom is -0.480 e. The van der Waals surface area contributed by atoms with E-state index >= 15 is 0 Å². The molecule has 0 fully saturated rings. The molecule has 0 aromatic carbocycles. The molecule has 3 N–H and O–H groups in total. The van der Waals surface area contributed by atoms with Crippen LogP contribution in [0.5, 0.6) is 0 Å². The lowest BCUT2D eigenvalue weighted by Gasteiger charge is -1.99. The third kappa shape index (κ3) is 2.03. The summed E-state index contributed by atoms with van der Waals surface area (Å²) in [6.07, 6.45) is 0.0900. The van der Waals surface area contributed by atoms with Gasteiger partial charge in [0.25, 0.3) is 0 Å². The molecule has 1 rings (SSSR count). The molecule has 0 bridgehead atoms. The summed E-state index contributed by atoms with van der Waals surface area (Å²) in [6.45, 7) is 1.63. The Kier molecular flexibility index (Phi) is 2.39. The zero-order valence-electron chi connectivity index (χ0n) is 6.52. The van der Waals surface area contributed by atoms with E-state index in [-0.39, 0.29) is 6.42 Å². The molecule has 0 saturated carbocycles. The van der Waals surface area contributed by atoms with Crippen LogP contribution in [0.1, 0.15) is 11.7 Å². The average Bonchev–Trinajstić information content (AvgIpc) is 2.35. The van der Waals surface area contributed by atoms with Crippen molar-refractivity contribution in [2.24, 2.45) is 5.73 Å². The van der Waals surface area contributed by atoms with Crippen molar-refractivity contribution >= 4 is 5.97 Å². The van der Waals surface area contributed by atoms with Crippen LogP contribution in [0, 0.1) is 6.92 Å². The van der Waals surface area contributed by atoms with Crippen LogP contribution < -0.4 is 5.73 Å². The molecule has 0 amide bonds. The van der Waals surface area contributed by atoms with Crippen LogP contribution >= 0.6 is 0 Å². The number of aryl methyl sites for hydroxylation is 1. The van der Waals surface area contributed by atoms with E-state index in [0.717, 1.165) is 0 Å². The number of hydrogen-bond donors (Lipinski definition) is 2. The van der Waals surface area contributed by atoms with Gasteiger partial charge in [0.05, 0.1) is 0 Å². The molecule has 12 heavy (non-hydrogen) atoms. The lowest BCUT2D eigenvalue weighted by atomic mass is 10.2. The minimum atomic E-state index is -1.07. The van der Waals surface area contributed by atoms with E-state index in [9.17, 15) is 4.79 Å². The van der Waals surface area contributed by atoms with Gasteiger partial charge in [-0.05, 0) is 0 Å². The molecule has 0 saturated heterocycles. The predicted molar refractivity (Wildman–Crippen MR) is 38.4 cm³/mol. The van der Waals surface area contributed by atoms with Gasteiger partial charge in [-0.1, -0.05) is 5.16 Å². The number of carboxylic acids is 1. The Morgan fingerprint density at radius 2 is 2.50 bits per heavy atom. The monoisotopic (exact) mass is 171 g/mol. The molecule has 0 aliphatic heterocycles. The van der Waals surface area contributed by atoms with Gasteiger partial charge in [-0.3, -0.25) is 4.79 Å². The van der Waals surface area contributed by atoms with E-state index in [1.807, 2.05) is 0 Å². The summed E-state index contributed by atoms with van der Waals surface area (Å²) in [4.78, 5) is 14.1. The Labute approximate surface area is 68.4 Å². The summed E-state index contributed by atoms with van der Waals surface area (Å²) in [5.74, 6) is -0.345. The van der Waals surface area contributed by atoms with Gasteiger partial charge in [0.2, 0.25) is 5.89 Å². The predicted octanol–water partition coefficient (Wildman–Crippen LogP) is -0.668. The standard InChI is InChI=1S/C6H9N3O3/c1-3-8-5(9-12-3)2-4(7)6(10)11/h4H,2,7H2,1H3,(H,10,11). The van der Waals surface area contributed by atoms with E-state index in [2.05, 4.69) is 14.7 Å². The number of aliphatic carboxylic acids is 1. The molecular weight excluding hydrogens is 162 g/mol. The average molecular weight is 171 g/mol. The highest BCUT2D eigenvalue weighted by Gasteiger charge is 2.15. The van der Waals surface area contributed by atoms with Gasteiger partial charge in [0, 0.05) is 13.3 Å². The smallest absolute Gasteiger partial charge is 0.320 e. The summed E-state index contributed by atoms with van der Waals surface area (Å²) in [5.41, 5.74) is 5.24. The van der Waals surface area contributed by atoms with Gasteiger partial charge in [-0.2, -0.15) is 4.98 Å². The van der Waals surface area contributed by atoms with Crippen LogP contribution in [0.4, 0.5) is 0 Å². The van der Waals surface area contributed by atoms with E-state index < -0.39 is 12.0 Å². The Balaban J connectivity index is 2.58. The molecule has 1 atom stereocenters. The van der Waals surface area contributed by atoms with Gasteiger partial charge >= 0.3 is 5.97 Å². The lowest BCUT2D eigenvalue weighted by Crippen LogP contribution is -2.32. The van der Waals surface area contributed by atoms with Crippen molar-refractivity contribution in [3.05, 3.63) is 11.7 Å². The van der Waals surface area contributed by atoms with Crippen LogP contribution in [-0.2, 0) is 11.2 Å². The lowest BCUT2D eigenvalue weighted by molar-refractivity contribution is -0.138.